The number of nitrogens with one attached hydrogen (secondary N) is 1. The minimum absolute atomic E-state index is 0.0692. The van der Waals surface area contributed by atoms with Crippen molar-refractivity contribution < 1.29 is 8.42 Å². The van der Waals surface area contributed by atoms with Crippen molar-refractivity contribution in [3.05, 3.63) is 29.8 Å². The van der Waals surface area contributed by atoms with Gasteiger partial charge in [0.1, 0.15) is 0 Å². The van der Waals surface area contributed by atoms with E-state index >= 15 is 0 Å². The number of likely N-dealkylation sites (tertiary alicyclic amines) is 1. The van der Waals surface area contributed by atoms with Crippen LogP contribution in [0.25, 0.3) is 0 Å². The summed E-state index contributed by atoms with van der Waals surface area (Å²) in [6.07, 6.45) is 5.40. The maximum absolute atomic E-state index is 13.5. The van der Waals surface area contributed by atoms with Gasteiger partial charge in [-0.2, -0.15) is 4.31 Å². The molecule has 3 rings (SSSR count). The Labute approximate surface area is 152 Å². The highest BCUT2D eigenvalue weighted by Crippen LogP contribution is 2.24. The number of benzene rings is 1. The van der Waals surface area contributed by atoms with E-state index in [2.05, 4.69) is 10.2 Å². The highest BCUT2D eigenvalue weighted by atomic mass is 32.2. The second-order valence-electron chi connectivity index (χ2n) is 7.13. The summed E-state index contributed by atoms with van der Waals surface area (Å²) in [5.74, 6) is 0. The van der Waals surface area contributed by atoms with E-state index in [0.29, 0.717) is 11.4 Å². The van der Waals surface area contributed by atoms with E-state index in [1.54, 1.807) is 10.4 Å². The molecular weight excluding hydrogens is 334 g/mol. The fourth-order valence-corrected chi connectivity index (χ4v) is 5.92. The van der Waals surface area contributed by atoms with Gasteiger partial charge in [-0.3, -0.25) is 0 Å². The van der Waals surface area contributed by atoms with Gasteiger partial charge in [0.2, 0.25) is 10.0 Å². The lowest BCUT2D eigenvalue weighted by atomic mass is 10.1. The molecule has 0 amide bonds. The molecule has 0 spiro atoms. The SMILES string of the molecule is CCc1ccccc1S(=O)(=O)N(CCN1CCCCC1)C1CCNC1. The van der Waals surface area contributed by atoms with Gasteiger partial charge in [-0.05, 0) is 56.9 Å². The monoisotopic (exact) mass is 365 g/mol. The van der Waals surface area contributed by atoms with E-state index in [4.69, 9.17) is 0 Å². The Hall–Kier alpha value is -0.950. The molecule has 0 aliphatic carbocycles. The lowest BCUT2D eigenvalue weighted by molar-refractivity contribution is 0.202. The van der Waals surface area contributed by atoms with Crippen LogP contribution in [-0.4, -0.2) is 62.9 Å². The van der Waals surface area contributed by atoms with Gasteiger partial charge >= 0.3 is 0 Å². The van der Waals surface area contributed by atoms with Gasteiger partial charge in [0.25, 0.3) is 0 Å². The number of aryl methyl sites for hydroxylation is 1. The lowest BCUT2D eigenvalue weighted by Gasteiger charge is -2.32. The topological polar surface area (TPSA) is 52.7 Å². The van der Waals surface area contributed by atoms with Crippen LogP contribution in [0.5, 0.6) is 0 Å². The van der Waals surface area contributed by atoms with Crippen LogP contribution in [-0.2, 0) is 16.4 Å². The molecule has 2 aliphatic rings. The summed E-state index contributed by atoms with van der Waals surface area (Å²) in [6.45, 7) is 7.30. The molecule has 25 heavy (non-hydrogen) atoms. The average molecular weight is 366 g/mol. The summed E-state index contributed by atoms with van der Waals surface area (Å²) in [5, 5.41) is 3.32. The largest absolute Gasteiger partial charge is 0.315 e. The maximum Gasteiger partial charge on any atom is 0.243 e. The number of hydrogen-bond donors (Lipinski definition) is 1. The molecular formula is C19H31N3O2S. The number of sulfonamides is 1. The first-order chi connectivity index (χ1) is 12.1. The minimum atomic E-state index is -3.46. The summed E-state index contributed by atoms with van der Waals surface area (Å²) >= 11 is 0. The zero-order valence-electron chi connectivity index (χ0n) is 15.3. The Morgan fingerprint density at radius 2 is 1.96 bits per heavy atom. The third-order valence-electron chi connectivity index (χ3n) is 5.47. The van der Waals surface area contributed by atoms with Crippen molar-refractivity contribution in [1.29, 1.82) is 0 Å². The summed E-state index contributed by atoms with van der Waals surface area (Å²) in [7, 11) is -3.46. The standard InChI is InChI=1S/C19H31N3O2S/c1-2-17-8-4-5-9-19(17)25(23,24)22(18-10-11-20-16-18)15-14-21-12-6-3-7-13-21/h4-5,8-9,18,20H,2-3,6-7,10-16H2,1H3. The minimum Gasteiger partial charge on any atom is -0.315 e. The van der Waals surface area contributed by atoms with Crippen molar-refractivity contribution in [2.24, 2.45) is 0 Å². The molecule has 1 atom stereocenters. The van der Waals surface area contributed by atoms with Crippen LogP contribution in [0.2, 0.25) is 0 Å². The van der Waals surface area contributed by atoms with E-state index < -0.39 is 10.0 Å². The zero-order valence-corrected chi connectivity index (χ0v) is 16.1. The third-order valence-corrected chi connectivity index (χ3v) is 7.52. The van der Waals surface area contributed by atoms with Crippen LogP contribution in [0.1, 0.15) is 38.2 Å². The van der Waals surface area contributed by atoms with Crippen molar-refractivity contribution >= 4 is 10.0 Å². The third kappa shape index (κ3) is 4.42. The molecule has 0 radical (unpaired) electrons. The second kappa shape index (κ2) is 8.62. The summed E-state index contributed by atoms with van der Waals surface area (Å²) in [4.78, 5) is 2.91. The molecule has 0 bridgehead atoms. The van der Waals surface area contributed by atoms with Gasteiger partial charge in [-0.1, -0.05) is 31.5 Å². The smallest absolute Gasteiger partial charge is 0.243 e. The maximum atomic E-state index is 13.5. The highest BCUT2D eigenvalue weighted by Gasteiger charge is 2.34. The molecule has 2 saturated heterocycles. The van der Waals surface area contributed by atoms with Crippen LogP contribution in [0.15, 0.2) is 29.2 Å². The Balaban J connectivity index is 1.82. The quantitative estimate of drug-likeness (QED) is 0.804. The Kier molecular flexibility index (Phi) is 6.49. The number of piperidine rings is 1. The fraction of sp³-hybridized carbons (Fsp3) is 0.684. The summed E-state index contributed by atoms with van der Waals surface area (Å²) in [6, 6.07) is 7.53. The molecule has 2 aliphatic heterocycles. The summed E-state index contributed by atoms with van der Waals surface area (Å²) in [5.41, 5.74) is 0.913. The van der Waals surface area contributed by atoms with Gasteiger partial charge < -0.3 is 10.2 Å². The van der Waals surface area contributed by atoms with E-state index in [0.717, 1.165) is 51.1 Å². The molecule has 2 fully saturated rings. The van der Waals surface area contributed by atoms with Crippen molar-refractivity contribution in [1.82, 2.24) is 14.5 Å². The van der Waals surface area contributed by atoms with E-state index in [1.165, 1.54) is 19.3 Å². The van der Waals surface area contributed by atoms with E-state index in [1.807, 2.05) is 25.1 Å². The van der Waals surface area contributed by atoms with Crippen LogP contribution in [0.4, 0.5) is 0 Å². The molecule has 6 heteroatoms. The van der Waals surface area contributed by atoms with Gasteiger partial charge in [0, 0.05) is 25.7 Å². The fourth-order valence-electron chi connectivity index (χ4n) is 3.98. The van der Waals surface area contributed by atoms with Gasteiger partial charge in [-0.25, -0.2) is 8.42 Å². The Morgan fingerprint density at radius 1 is 1.20 bits per heavy atom. The van der Waals surface area contributed by atoms with E-state index in [-0.39, 0.29) is 6.04 Å². The second-order valence-corrected chi connectivity index (χ2v) is 8.98. The zero-order chi connectivity index (χ0) is 17.7. The van der Waals surface area contributed by atoms with Gasteiger partial charge in [-0.15, -0.1) is 0 Å². The Morgan fingerprint density at radius 3 is 2.64 bits per heavy atom. The predicted octanol–water partition coefficient (Wildman–Crippen LogP) is 2.09. The van der Waals surface area contributed by atoms with E-state index in [9.17, 15) is 8.42 Å². The average Bonchev–Trinajstić information content (AvgIpc) is 3.17. The first-order valence-electron chi connectivity index (χ1n) is 9.65. The molecule has 0 aromatic heterocycles. The molecule has 0 saturated carbocycles. The Bertz CT molecular complexity index is 650. The van der Waals surface area contributed by atoms with Crippen LogP contribution in [0, 0.1) is 0 Å². The predicted molar refractivity (Wildman–Crippen MR) is 101 cm³/mol. The number of rotatable bonds is 7. The summed E-state index contributed by atoms with van der Waals surface area (Å²) < 4.78 is 28.7. The highest BCUT2D eigenvalue weighted by molar-refractivity contribution is 7.89. The van der Waals surface area contributed by atoms with Gasteiger partial charge in [0.05, 0.1) is 4.90 Å². The number of hydrogen-bond acceptors (Lipinski definition) is 4. The first-order valence-corrected chi connectivity index (χ1v) is 11.1. The lowest BCUT2D eigenvalue weighted by Crippen LogP contribution is -2.46. The van der Waals surface area contributed by atoms with Crippen molar-refractivity contribution in [3.8, 4) is 0 Å². The van der Waals surface area contributed by atoms with Crippen LogP contribution in [0.3, 0.4) is 0 Å². The first kappa shape index (κ1) is 18.8. The van der Waals surface area contributed by atoms with Gasteiger partial charge in [0.15, 0.2) is 0 Å². The molecule has 1 aromatic carbocycles. The van der Waals surface area contributed by atoms with Crippen molar-refractivity contribution in [2.75, 3.05) is 39.3 Å². The number of nitrogens with zero attached hydrogens (tertiary/aromatic N) is 2. The van der Waals surface area contributed by atoms with Crippen LogP contribution < -0.4 is 5.32 Å². The molecule has 1 unspecified atom stereocenters. The van der Waals surface area contributed by atoms with Crippen molar-refractivity contribution in [2.45, 2.75) is 50.0 Å². The normalized spacial score (nSPS) is 22.6. The molecule has 2 heterocycles. The molecule has 5 nitrogen and oxygen atoms in total. The van der Waals surface area contributed by atoms with Crippen molar-refractivity contribution in [3.63, 3.8) is 0 Å². The molecule has 1 N–H and O–H groups in total. The molecule has 140 valence electrons. The molecule has 1 aromatic rings. The van der Waals surface area contributed by atoms with Crippen LogP contribution >= 0.6 is 0 Å².